The van der Waals surface area contributed by atoms with Crippen LogP contribution in [0.15, 0.2) is 66.7 Å². The average molecular weight is 508 g/mol. The number of hydrogen-bond acceptors (Lipinski definition) is 4. The topological polar surface area (TPSA) is 76.1 Å². The Bertz CT molecular complexity index is 1230. The summed E-state index contributed by atoms with van der Waals surface area (Å²) >= 11 is 6.01. The number of carbonyl (C=O) groups is 2. The molecule has 6 nitrogen and oxygen atoms in total. The van der Waals surface area contributed by atoms with Crippen LogP contribution in [0, 0.1) is 0 Å². The number of halogens is 1. The smallest absolute Gasteiger partial charge is 0.323 e. The van der Waals surface area contributed by atoms with E-state index < -0.39 is 5.97 Å². The second-order valence-corrected chi connectivity index (χ2v) is 9.90. The van der Waals surface area contributed by atoms with Crippen LogP contribution in [0.5, 0.6) is 11.5 Å². The lowest BCUT2D eigenvalue weighted by atomic mass is 9.91. The fraction of sp³-hybridized carbons (Fsp3) is 0.310. The Kier molecular flexibility index (Phi) is 7.85. The molecule has 7 heteroatoms. The molecule has 0 fully saturated rings. The maximum Gasteiger partial charge on any atom is 0.323 e. The van der Waals surface area contributed by atoms with E-state index in [0.717, 1.165) is 40.8 Å². The Balaban J connectivity index is 1.37. The highest BCUT2D eigenvalue weighted by atomic mass is 35.5. The van der Waals surface area contributed by atoms with Gasteiger partial charge in [-0.3, -0.25) is 9.59 Å². The van der Waals surface area contributed by atoms with Gasteiger partial charge in [-0.15, -0.1) is 0 Å². The largest absolute Gasteiger partial charge is 0.497 e. The summed E-state index contributed by atoms with van der Waals surface area (Å²) in [5.41, 5.74) is 3.82. The number of fused-ring (bicyclic) bond motifs is 1. The van der Waals surface area contributed by atoms with E-state index in [1.54, 1.807) is 19.2 Å². The molecular weight excluding hydrogens is 478 g/mol. The monoisotopic (exact) mass is 507 g/mol. The van der Waals surface area contributed by atoms with E-state index in [1.165, 1.54) is 4.90 Å². The fourth-order valence-electron chi connectivity index (χ4n) is 4.62. The molecule has 0 unspecified atom stereocenters. The highest BCUT2D eigenvalue weighted by Gasteiger charge is 2.35. The minimum absolute atomic E-state index is 0.197. The lowest BCUT2D eigenvalue weighted by Gasteiger charge is -2.24. The molecule has 0 aliphatic carbocycles. The first-order valence-electron chi connectivity index (χ1n) is 11.9. The predicted octanol–water partition coefficient (Wildman–Crippen LogP) is 5.33. The summed E-state index contributed by atoms with van der Waals surface area (Å²) < 4.78 is 11.5. The van der Waals surface area contributed by atoms with Gasteiger partial charge in [0.1, 0.15) is 23.6 Å². The molecule has 0 saturated heterocycles. The number of methoxy groups -OCH3 is 1. The Morgan fingerprint density at radius 2 is 1.69 bits per heavy atom. The van der Waals surface area contributed by atoms with Crippen molar-refractivity contribution in [1.29, 1.82) is 0 Å². The molecule has 1 atom stereocenters. The molecule has 1 aliphatic heterocycles. The van der Waals surface area contributed by atoms with Crippen LogP contribution in [-0.4, -0.2) is 41.1 Å². The van der Waals surface area contributed by atoms with E-state index in [1.807, 2.05) is 48.5 Å². The van der Waals surface area contributed by atoms with Gasteiger partial charge in [0, 0.05) is 30.8 Å². The number of aliphatic carboxylic acids is 1. The molecule has 188 valence electrons. The van der Waals surface area contributed by atoms with Crippen molar-refractivity contribution in [2.75, 3.05) is 13.7 Å². The number of amides is 1. The van der Waals surface area contributed by atoms with Crippen LogP contribution >= 0.6 is 11.6 Å². The number of carbonyl (C=O) groups excluding carboxylic acids is 1. The summed E-state index contributed by atoms with van der Waals surface area (Å²) in [4.78, 5) is 25.7. The maximum atomic E-state index is 12.9. The number of ether oxygens (including phenoxy) is 2. The van der Waals surface area contributed by atoms with Gasteiger partial charge < -0.3 is 19.5 Å². The summed E-state index contributed by atoms with van der Waals surface area (Å²) in [6.07, 6.45) is 2.29. The summed E-state index contributed by atoms with van der Waals surface area (Å²) in [5, 5.41) is 10.0. The Hall–Kier alpha value is -3.51. The van der Waals surface area contributed by atoms with Crippen molar-refractivity contribution in [3.63, 3.8) is 0 Å². The van der Waals surface area contributed by atoms with Crippen molar-refractivity contribution < 1.29 is 24.2 Å². The Morgan fingerprint density at radius 1 is 1.03 bits per heavy atom. The lowest BCUT2D eigenvalue weighted by Crippen LogP contribution is -2.35. The number of benzene rings is 3. The van der Waals surface area contributed by atoms with Gasteiger partial charge in [0.15, 0.2) is 0 Å². The lowest BCUT2D eigenvalue weighted by molar-refractivity contribution is -0.144. The van der Waals surface area contributed by atoms with Crippen LogP contribution < -0.4 is 9.47 Å². The van der Waals surface area contributed by atoms with Gasteiger partial charge in [-0.05, 0) is 65.9 Å². The van der Waals surface area contributed by atoms with Gasteiger partial charge in [-0.25, -0.2) is 0 Å². The van der Waals surface area contributed by atoms with Gasteiger partial charge in [-0.2, -0.15) is 0 Å². The van der Waals surface area contributed by atoms with E-state index in [9.17, 15) is 14.7 Å². The van der Waals surface area contributed by atoms with Gasteiger partial charge in [0.05, 0.1) is 7.11 Å². The summed E-state index contributed by atoms with van der Waals surface area (Å²) in [7, 11) is 1.58. The van der Waals surface area contributed by atoms with Gasteiger partial charge >= 0.3 is 5.97 Å². The molecule has 1 amide bonds. The van der Waals surface area contributed by atoms with Crippen molar-refractivity contribution in [2.24, 2.45) is 0 Å². The summed E-state index contributed by atoms with van der Waals surface area (Å²) in [5.74, 6) is 0.345. The van der Waals surface area contributed by atoms with E-state index >= 15 is 0 Å². The van der Waals surface area contributed by atoms with E-state index in [2.05, 4.69) is 13.0 Å². The second-order valence-electron chi connectivity index (χ2n) is 9.47. The highest BCUT2D eigenvalue weighted by Crippen LogP contribution is 2.37. The molecular formula is C29H30ClNO5. The normalized spacial score (nSPS) is 16.2. The quantitative estimate of drug-likeness (QED) is 0.401. The van der Waals surface area contributed by atoms with Crippen LogP contribution in [0.25, 0.3) is 0 Å². The SMILES string of the molecule is COc1ccc(CN(CC(=O)O)C(=O)CCc2ccc3c(c2)C[C@](C)(Cc2ccc(Cl)cc2)O3)cc1. The standard InChI is InChI=1S/C29H30ClNO5/c1-29(16-21-3-9-24(30)10-4-21)17-23-15-20(7-13-26(23)36-29)8-14-27(32)31(19-28(33)34)18-22-5-11-25(35-2)12-6-22/h3-7,9-13,15H,8,14,16-19H2,1-2H3,(H,33,34)/t29-/m0/s1. The van der Waals surface area contributed by atoms with Crippen LogP contribution in [0.4, 0.5) is 0 Å². The van der Waals surface area contributed by atoms with Gasteiger partial charge in [0.25, 0.3) is 0 Å². The minimum atomic E-state index is -1.04. The number of hydrogen-bond donors (Lipinski definition) is 1. The molecule has 0 spiro atoms. The third-order valence-electron chi connectivity index (χ3n) is 6.38. The minimum Gasteiger partial charge on any atom is -0.497 e. The third-order valence-corrected chi connectivity index (χ3v) is 6.63. The Labute approximate surface area is 216 Å². The average Bonchev–Trinajstić information content (AvgIpc) is 3.18. The molecule has 3 aromatic carbocycles. The van der Waals surface area contributed by atoms with Crippen LogP contribution in [0.1, 0.15) is 35.6 Å². The second kappa shape index (κ2) is 11.0. The number of nitrogens with zero attached hydrogens (tertiary/aromatic N) is 1. The molecule has 0 saturated carbocycles. The number of carboxylic acids is 1. The van der Waals surface area contributed by atoms with Crippen molar-refractivity contribution in [3.05, 3.63) is 94.0 Å². The zero-order chi connectivity index (χ0) is 25.7. The van der Waals surface area contributed by atoms with E-state index in [4.69, 9.17) is 21.1 Å². The molecule has 0 aromatic heterocycles. The van der Waals surface area contributed by atoms with Crippen molar-refractivity contribution in [1.82, 2.24) is 4.90 Å². The molecule has 0 radical (unpaired) electrons. The summed E-state index contributed by atoms with van der Waals surface area (Å²) in [6.45, 7) is 2.00. The molecule has 3 aromatic rings. The van der Waals surface area contributed by atoms with E-state index in [0.29, 0.717) is 17.2 Å². The van der Waals surface area contributed by atoms with E-state index in [-0.39, 0.29) is 31.0 Å². The first kappa shape index (κ1) is 25.6. The zero-order valence-electron chi connectivity index (χ0n) is 20.5. The third kappa shape index (κ3) is 6.58. The van der Waals surface area contributed by atoms with Gasteiger partial charge in [0.2, 0.25) is 5.91 Å². The van der Waals surface area contributed by atoms with Crippen molar-refractivity contribution in [2.45, 2.75) is 44.8 Å². The number of rotatable bonds is 10. The molecule has 1 N–H and O–H groups in total. The fourth-order valence-corrected chi connectivity index (χ4v) is 4.75. The van der Waals surface area contributed by atoms with Crippen molar-refractivity contribution in [3.8, 4) is 11.5 Å². The molecule has 1 aliphatic rings. The number of aryl methyl sites for hydroxylation is 1. The highest BCUT2D eigenvalue weighted by molar-refractivity contribution is 6.30. The van der Waals surface area contributed by atoms with Crippen LogP contribution in [0.2, 0.25) is 5.02 Å². The van der Waals surface area contributed by atoms with Gasteiger partial charge in [-0.1, -0.05) is 48.0 Å². The van der Waals surface area contributed by atoms with Crippen molar-refractivity contribution >= 4 is 23.5 Å². The molecule has 36 heavy (non-hydrogen) atoms. The zero-order valence-corrected chi connectivity index (χ0v) is 21.3. The number of carboxylic acid groups (broad SMARTS) is 1. The summed E-state index contributed by atoms with van der Waals surface area (Å²) in [6, 6.07) is 21.1. The maximum absolute atomic E-state index is 12.9. The van der Waals surface area contributed by atoms with Crippen LogP contribution in [0.3, 0.4) is 0 Å². The predicted molar refractivity (Wildman–Crippen MR) is 139 cm³/mol. The Morgan fingerprint density at radius 3 is 2.36 bits per heavy atom. The van der Waals surface area contributed by atoms with Crippen LogP contribution in [-0.2, 0) is 35.4 Å². The molecule has 4 rings (SSSR count). The first-order chi connectivity index (χ1) is 17.2. The molecule has 1 heterocycles. The first-order valence-corrected chi connectivity index (χ1v) is 12.3. The molecule has 0 bridgehead atoms.